The number of nitrogens with one attached hydrogen (secondary N) is 1. The number of amides is 3. The number of benzene rings is 2. The van der Waals surface area contributed by atoms with Crippen LogP contribution in [0.3, 0.4) is 0 Å². The minimum Gasteiger partial charge on any atom is -0.474 e. The summed E-state index contributed by atoms with van der Waals surface area (Å²) in [5, 5.41) is 11.3. The molecule has 0 bridgehead atoms. The molecule has 0 saturated carbocycles. The normalized spacial score (nSPS) is 15.9. The lowest BCUT2D eigenvalue weighted by atomic mass is 9.92. The van der Waals surface area contributed by atoms with E-state index < -0.39 is 23.6 Å². The number of ketones is 1. The molecular formula is C27H29N3O6. The smallest absolute Gasteiger partial charge is 0.394 e. The molecule has 1 fully saturated rings. The van der Waals surface area contributed by atoms with E-state index in [0.717, 1.165) is 0 Å². The van der Waals surface area contributed by atoms with Gasteiger partial charge in [0.05, 0.1) is 0 Å². The fraction of sp³-hybridized carbons (Fsp3) is 0.296. The van der Waals surface area contributed by atoms with Gasteiger partial charge < -0.3 is 20.2 Å². The van der Waals surface area contributed by atoms with Crippen molar-refractivity contribution in [1.29, 1.82) is 0 Å². The van der Waals surface area contributed by atoms with Crippen molar-refractivity contribution in [2.75, 3.05) is 25.0 Å². The molecule has 1 aliphatic rings. The average Bonchev–Trinajstić information content (AvgIpc) is 2.88. The Kier molecular flexibility index (Phi) is 8.37. The minimum atomic E-state index is -1.63. The molecule has 0 aromatic heterocycles. The van der Waals surface area contributed by atoms with Crippen LogP contribution in [0.15, 0.2) is 54.6 Å². The van der Waals surface area contributed by atoms with Gasteiger partial charge in [0.1, 0.15) is 0 Å². The van der Waals surface area contributed by atoms with Crippen molar-refractivity contribution in [3.8, 4) is 0 Å². The molecule has 2 aromatic rings. The first-order valence-corrected chi connectivity index (χ1v) is 11.7. The predicted octanol–water partition coefficient (Wildman–Crippen LogP) is 2.62. The SMILES string of the molecule is C/C=C(/C(=O)C(=O)N1CCN(C(=O)c2ccccc2)C[C@H]1C)c1cccc(NC(=O)C(=O)O)c1CC. The summed E-state index contributed by atoms with van der Waals surface area (Å²) in [6, 6.07) is 13.3. The molecule has 1 aliphatic heterocycles. The van der Waals surface area contributed by atoms with Gasteiger partial charge >= 0.3 is 11.9 Å². The number of carboxylic acid groups (broad SMARTS) is 1. The first-order valence-electron chi connectivity index (χ1n) is 11.7. The number of Topliss-reactive ketones (excluding diaryl/α,β-unsaturated/α-hetero) is 1. The van der Waals surface area contributed by atoms with E-state index in [9.17, 15) is 24.0 Å². The summed E-state index contributed by atoms with van der Waals surface area (Å²) in [6.45, 7) is 6.07. The summed E-state index contributed by atoms with van der Waals surface area (Å²) in [5.41, 5.74) is 2.00. The quantitative estimate of drug-likeness (QED) is 0.473. The van der Waals surface area contributed by atoms with Gasteiger partial charge in [-0.2, -0.15) is 0 Å². The highest BCUT2D eigenvalue weighted by molar-refractivity contribution is 6.53. The van der Waals surface area contributed by atoms with Crippen LogP contribution in [0.4, 0.5) is 5.69 Å². The van der Waals surface area contributed by atoms with E-state index in [1.807, 2.05) is 6.07 Å². The number of carbonyl (C=O) groups is 5. The Hall–Kier alpha value is -4.27. The van der Waals surface area contributed by atoms with Crippen molar-refractivity contribution >= 4 is 40.7 Å². The van der Waals surface area contributed by atoms with Crippen molar-refractivity contribution in [3.63, 3.8) is 0 Å². The van der Waals surface area contributed by atoms with Crippen LogP contribution in [0.2, 0.25) is 0 Å². The van der Waals surface area contributed by atoms with E-state index >= 15 is 0 Å². The number of piperazine rings is 1. The van der Waals surface area contributed by atoms with Gasteiger partial charge in [0.2, 0.25) is 0 Å². The summed E-state index contributed by atoms with van der Waals surface area (Å²) in [5.74, 6) is -4.32. The van der Waals surface area contributed by atoms with E-state index in [4.69, 9.17) is 5.11 Å². The topological polar surface area (TPSA) is 124 Å². The standard InChI is InChI=1S/C27H29N3O6/c1-4-19-21(12-9-13-22(19)28-24(32)27(35)36)20(5-2)23(31)26(34)30-15-14-29(16-17(30)3)25(33)18-10-7-6-8-11-18/h5-13,17H,4,14-16H2,1-3H3,(H,28,32)(H,35,36)/b20-5+/t17-/m1/s1. The fourth-order valence-electron chi connectivity index (χ4n) is 4.37. The molecule has 1 atom stereocenters. The van der Waals surface area contributed by atoms with Gasteiger partial charge in [0, 0.05) is 42.5 Å². The third-order valence-corrected chi connectivity index (χ3v) is 6.19. The zero-order valence-corrected chi connectivity index (χ0v) is 20.5. The highest BCUT2D eigenvalue weighted by Crippen LogP contribution is 2.28. The highest BCUT2D eigenvalue weighted by atomic mass is 16.4. The first-order chi connectivity index (χ1) is 17.2. The Morgan fingerprint density at radius 2 is 1.72 bits per heavy atom. The zero-order valence-electron chi connectivity index (χ0n) is 20.5. The number of carbonyl (C=O) groups excluding carboxylic acids is 4. The maximum absolute atomic E-state index is 13.3. The first kappa shape index (κ1) is 26.3. The summed E-state index contributed by atoms with van der Waals surface area (Å²) < 4.78 is 0. The van der Waals surface area contributed by atoms with Gasteiger partial charge in [-0.25, -0.2) is 4.79 Å². The van der Waals surface area contributed by atoms with Crippen LogP contribution >= 0.6 is 0 Å². The molecule has 2 N–H and O–H groups in total. The summed E-state index contributed by atoms with van der Waals surface area (Å²) >= 11 is 0. The number of allylic oxidation sites excluding steroid dienone is 1. The maximum atomic E-state index is 13.3. The molecule has 0 aliphatic carbocycles. The Labute approximate surface area is 209 Å². The molecule has 1 saturated heterocycles. The Bertz CT molecular complexity index is 1220. The van der Waals surface area contributed by atoms with Crippen molar-refractivity contribution in [1.82, 2.24) is 9.80 Å². The van der Waals surface area contributed by atoms with Crippen LogP contribution in [-0.4, -0.2) is 70.1 Å². The molecule has 3 amide bonds. The second-order valence-corrected chi connectivity index (χ2v) is 8.44. The van der Waals surface area contributed by atoms with Crippen LogP contribution in [0, 0.1) is 0 Å². The molecule has 0 spiro atoms. The van der Waals surface area contributed by atoms with E-state index in [2.05, 4.69) is 5.32 Å². The largest absolute Gasteiger partial charge is 0.474 e. The summed E-state index contributed by atoms with van der Waals surface area (Å²) in [4.78, 5) is 65.2. The van der Waals surface area contributed by atoms with Gasteiger partial charge in [-0.1, -0.05) is 43.3 Å². The van der Waals surface area contributed by atoms with Crippen LogP contribution in [0.25, 0.3) is 5.57 Å². The van der Waals surface area contributed by atoms with Gasteiger partial charge in [-0.15, -0.1) is 0 Å². The maximum Gasteiger partial charge on any atom is 0.394 e. The lowest BCUT2D eigenvalue weighted by Crippen LogP contribution is -2.56. The number of carboxylic acids is 1. The van der Waals surface area contributed by atoms with E-state index in [0.29, 0.717) is 36.2 Å². The molecule has 9 nitrogen and oxygen atoms in total. The summed E-state index contributed by atoms with van der Waals surface area (Å²) in [7, 11) is 0. The number of aliphatic carboxylic acids is 1. The van der Waals surface area contributed by atoms with Gasteiger partial charge in [0.25, 0.3) is 17.6 Å². The Balaban J connectivity index is 1.79. The molecule has 2 aromatic carbocycles. The van der Waals surface area contributed by atoms with Gasteiger partial charge in [0.15, 0.2) is 0 Å². The molecule has 9 heteroatoms. The molecular weight excluding hydrogens is 462 g/mol. The van der Waals surface area contributed by atoms with E-state index in [1.165, 1.54) is 11.0 Å². The lowest BCUT2D eigenvalue weighted by Gasteiger charge is -2.39. The fourth-order valence-corrected chi connectivity index (χ4v) is 4.37. The number of hydrogen-bond donors (Lipinski definition) is 2. The third-order valence-electron chi connectivity index (χ3n) is 6.19. The van der Waals surface area contributed by atoms with Crippen LogP contribution in [0.5, 0.6) is 0 Å². The molecule has 3 rings (SSSR count). The zero-order chi connectivity index (χ0) is 26.4. The van der Waals surface area contributed by atoms with Crippen molar-refractivity contribution in [3.05, 3.63) is 71.3 Å². The van der Waals surface area contributed by atoms with Crippen molar-refractivity contribution < 1.29 is 29.1 Å². The van der Waals surface area contributed by atoms with Gasteiger partial charge in [-0.3, -0.25) is 19.2 Å². The lowest BCUT2D eigenvalue weighted by molar-refractivity contribution is -0.147. The monoisotopic (exact) mass is 491 g/mol. The van der Waals surface area contributed by atoms with Crippen LogP contribution in [0.1, 0.15) is 42.3 Å². The molecule has 0 unspecified atom stereocenters. The van der Waals surface area contributed by atoms with Crippen LogP contribution < -0.4 is 5.32 Å². The number of rotatable bonds is 6. The Morgan fingerprint density at radius 1 is 1.03 bits per heavy atom. The number of hydrogen-bond acceptors (Lipinski definition) is 5. The second-order valence-electron chi connectivity index (χ2n) is 8.44. The van der Waals surface area contributed by atoms with Crippen molar-refractivity contribution in [2.45, 2.75) is 33.2 Å². The highest BCUT2D eigenvalue weighted by Gasteiger charge is 2.34. The van der Waals surface area contributed by atoms with Crippen LogP contribution in [-0.2, 0) is 25.6 Å². The summed E-state index contributed by atoms with van der Waals surface area (Å²) in [6.07, 6.45) is 1.93. The second kappa shape index (κ2) is 11.4. The van der Waals surface area contributed by atoms with E-state index in [1.54, 1.807) is 68.1 Å². The molecule has 188 valence electrons. The minimum absolute atomic E-state index is 0.122. The molecule has 36 heavy (non-hydrogen) atoms. The molecule has 1 heterocycles. The van der Waals surface area contributed by atoms with Gasteiger partial charge in [-0.05, 0) is 49.6 Å². The average molecular weight is 492 g/mol. The number of nitrogens with zero attached hydrogens (tertiary/aromatic N) is 2. The Morgan fingerprint density at radius 3 is 2.31 bits per heavy atom. The van der Waals surface area contributed by atoms with E-state index in [-0.39, 0.29) is 29.8 Å². The number of anilines is 1. The third kappa shape index (κ3) is 5.51. The molecule has 0 radical (unpaired) electrons. The van der Waals surface area contributed by atoms with Crippen molar-refractivity contribution in [2.24, 2.45) is 0 Å². The predicted molar refractivity (Wildman–Crippen MR) is 134 cm³/mol.